The van der Waals surface area contributed by atoms with Gasteiger partial charge in [-0.1, -0.05) is 24.8 Å². The second-order valence-electron chi connectivity index (χ2n) is 7.38. The van der Waals surface area contributed by atoms with Crippen LogP contribution in [0.3, 0.4) is 0 Å². The fraction of sp³-hybridized carbons (Fsp3) is 0.474. The van der Waals surface area contributed by atoms with E-state index in [0.29, 0.717) is 11.8 Å². The van der Waals surface area contributed by atoms with Crippen LogP contribution in [0.1, 0.15) is 24.5 Å². The summed E-state index contributed by atoms with van der Waals surface area (Å²) in [6.07, 6.45) is 4.97. The second kappa shape index (κ2) is 4.12. The normalized spacial score (nSPS) is 39.0. The molecule has 2 heterocycles. The van der Waals surface area contributed by atoms with Gasteiger partial charge in [0, 0.05) is 35.2 Å². The molecule has 120 valence electrons. The van der Waals surface area contributed by atoms with E-state index in [1.807, 2.05) is 12.1 Å². The molecule has 5 unspecified atom stereocenters. The number of benzene rings is 1. The number of aliphatic hydroxyl groups is 1. The Morgan fingerprint density at radius 1 is 1.39 bits per heavy atom. The van der Waals surface area contributed by atoms with Crippen LogP contribution in [0.25, 0.3) is 0 Å². The molecule has 0 radical (unpaired) electrons. The Morgan fingerprint density at radius 3 is 3.00 bits per heavy atom. The topological polar surface area (TPSA) is 52.9 Å². The quantitative estimate of drug-likeness (QED) is 0.780. The molecule has 2 bridgehead atoms. The monoisotopic (exact) mass is 311 g/mol. The van der Waals surface area contributed by atoms with Gasteiger partial charge >= 0.3 is 0 Å². The molecule has 4 heteroatoms. The lowest BCUT2D eigenvalue weighted by Crippen LogP contribution is -2.65. The zero-order chi connectivity index (χ0) is 15.9. The van der Waals surface area contributed by atoms with Crippen molar-refractivity contribution in [2.24, 2.45) is 5.92 Å². The van der Waals surface area contributed by atoms with Gasteiger partial charge in [-0.25, -0.2) is 0 Å². The first-order valence-corrected chi connectivity index (χ1v) is 8.34. The lowest BCUT2D eigenvalue weighted by Gasteiger charge is -2.57. The highest BCUT2D eigenvalue weighted by Gasteiger charge is 2.64. The Bertz CT molecular complexity index is 755. The smallest absolute Gasteiger partial charge is 0.165 e. The van der Waals surface area contributed by atoms with Crippen molar-refractivity contribution in [2.45, 2.75) is 43.4 Å². The summed E-state index contributed by atoms with van der Waals surface area (Å²) in [7, 11) is 0. The van der Waals surface area contributed by atoms with Crippen molar-refractivity contribution in [1.29, 1.82) is 0 Å². The van der Waals surface area contributed by atoms with Gasteiger partial charge < -0.3 is 19.8 Å². The first-order valence-electron chi connectivity index (χ1n) is 8.34. The van der Waals surface area contributed by atoms with E-state index in [0.717, 1.165) is 30.6 Å². The van der Waals surface area contributed by atoms with Crippen LogP contribution in [0, 0.1) is 5.92 Å². The number of phenols is 1. The van der Waals surface area contributed by atoms with Gasteiger partial charge in [0.2, 0.25) is 0 Å². The number of aromatic hydroxyl groups is 1. The molecule has 1 fully saturated rings. The summed E-state index contributed by atoms with van der Waals surface area (Å²) in [6.45, 7) is 7.15. The van der Waals surface area contributed by atoms with Crippen LogP contribution >= 0.6 is 0 Å². The summed E-state index contributed by atoms with van der Waals surface area (Å²) in [4.78, 5) is 2.41. The summed E-state index contributed by atoms with van der Waals surface area (Å²) in [5.41, 5.74) is 3.28. The maximum atomic E-state index is 10.5. The van der Waals surface area contributed by atoms with Crippen LogP contribution in [0.2, 0.25) is 0 Å². The third kappa shape index (κ3) is 1.41. The zero-order valence-corrected chi connectivity index (χ0v) is 13.2. The van der Waals surface area contributed by atoms with Crippen molar-refractivity contribution in [2.75, 3.05) is 6.54 Å². The predicted molar refractivity (Wildman–Crippen MR) is 86.5 cm³/mol. The minimum atomic E-state index is -0.624. The first-order chi connectivity index (χ1) is 11.0. The number of hydrogen-bond acceptors (Lipinski definition) is 4. The second-order valence-corrected chi connectivity index (χ2v) is 7.38. The highest BCUT2D eigenvalue weighted by Crippen LogP contribution is 2.62. The van der Waals surface area contributed by atoms with Crippen LogP contribution in [-0.2, 0) is 11.8 Å². The predicted octanol–water partition coefficient (Wildman–Crippen LogP) is 2.10. The molecular formula is C19H21NO3. The van der Waals surface area contributed by atoms with E-state index in [1.165, 1.54) is 5.56 Å². The molecule has 1 aromatic rings. The number of ether oxygens (including phenoxy) is 1. The summed E-state index contributed by atoms with van der Waals surface area (Å²) >= 11 is 0. The Balaban J connectivity index is 1.79. The summed E-state index contributed by atoms with van der Waals surface area (Å²) < 4.78 is 6.13. The van der Waals surface area contributed by atoms with Gasteiger partial charge in [0.05, 0.1) is 0 Å². The van der Waals surface area contributed by atoms with Gasteiger partial charge in [-0.15, -0.1) is 0 Å². The summed E-state index contributed by atoms with van der Waals surface area (Å²) in [6, 6.07) is 4.10. The minimum absolute atomic E-state index is 0.194. The minimum Gasteiger partial charge on any atom is -0.504 e. The number of hydrogen-bond donors (Lipinski definition) is 2. The fourth-order valence-electron chi connectivity index (χ4n) is 5.53. The van der Waals surface area contributed by atoms with E-state index in [-0.39, 0.29) is 23.2 Å². The summed E-state index contributed by atoms with van der Waals surface area (Å²) in [5.74, 6) is 1.08. The SMILES string of the molecule is C=C(C)N1CCC23c4c5ccc(O)c4OC2C(O)C=CC3C1C5. The maximum absolute atomic E-state index is 10.5. The zero-order valence-electron chi connectivity index (χ0n) is 13.2. The molecule has 1 spiro atoms. The Kier molecular flexibility index (Phi) is 2.42. The molecule has 2 aliphatic carbocycles. The number of likely N-dealkylation sites (tertiary alicyclic amines) is 1. The first kappa shape index (κ1) is 13.5. The number of allylic oxidation sites excluding steroid dienone is 1. The standard InChI is InChI=1S/C19H21NO3/c1-10(2)20-8-7-19-12-4-6-15(22)18(19)23-17-14(21)5-3-11(16(17)19)9-13(12)20/h3-6,12-13,15,18,21-22H,1,7-9H2,2H3. The molecule has 1 saturated heterocycles. The molecule has 23 heavy (non-hydrogen) atoms. The van der Waals surface area contributed by atoms with Gasteiger partial charge in [0.1, 0.15) is 12.2 Å². The number of nitrogens with zero attached hydrogens (tertiary/aromatic N) is 1. The maximum Gasteiger partial charge on any atom is 0.165 e. The number of aliphatic hydroxyl groups excluding tert-OH is 1. The van der Waals surface area contributed by atoms with E-state index in [1.54, 1.807) is 6.07 Å². The van der Waals surface area contributed by atoms with Crippen molar-refractivity contribution < 1.29 is 14.9 Å². The molecule has 5 rings (SSSR count). The molecule has 0 amide bonds. The van der Waals surface area contributed by atoms with Crippen LogP contribution in [-0.4, -0.2) is 39.9 Å². The average Bonchev–Trinajstić information content (AvgIpc) is 2.86. The Morgan fingerprint density at radius 2 is 2.22 bits per heavy atom. The highest BCUT2D eigenvalue weighted by molar-refractivity contribution is 5.61. The third-order valence-electron chi connectivity index (χ3n) is 6.36. The molecule has 2 aliphatic heterocycles. The number of piperidine rings is 1. The van der Waals surface area contributed by atoms with E-state index in [2.05, 4.69) is 24.5 Å². The molecule has 4 aliphatic rings. The Labute approximate surface area is 135 Å². The largest absolute Gasteiger partial charge is 0.504 e. The van der Waals surface area contributed by atoms with E-state index in [9.17, 15) is 10.2 Å². The van der Waals surface area contributed by atoms with Crippen molar-refractivity contribution in [3.05, 3.63) is 47.7 Å². The van der Waals surface area contributed by atoms with Gasteiger partial charge in [-0.05, 0) is 31.4 Å². The van der Waals surface area contributed by atoms with Crippen molar-refractivity contribution in [3.63, 3.8) is 0 Å². The molecule has 2 N–H and O–H groups in total. The van der Waals surface area contributed by atoms with Crippen LogP contribution in [0.5, 0.6) is 11.5 Å². The fourth-order valence-corrected chi connectivity index (χ4v) is 5.53. The van der Waals surface area contributed by atoms with E-state index < -0.39 is 6.10 Å². The average molecular weight is 311 g/mol. The summed E-state index contributed by atoms with van der Waals surface area (Å²) in [5, 5.41) is 20.8. The Hall–Kier alpha value is -1.94. The van der Waals surface area contributed by atoms with E-state index >= 15 is 0 Å². The van der Waals surface area contributed by atoms with Gasteiger partial charge in [-0.3, -0.25) is 0 Å². The van der Waals surface area contributed by atoms with Crippen molar-refractivity contribution >= 4 is 0 Å². The van der Waals surface area contributed by atoms with Crippen molar-refractivity contribution in [3.8, 4) is 11.5 Å². The van der Waals surface area contributed by atoms with Crippen LogP contribution < -0.4 is 4.74 Å². The van der Waals surface area contributed by atoms with Crippen molar-refractivity contribution in [1.82, 2.24) is 4.90 Å². The molecule has 5 atom stereocenters. The highest BCUT2D eigenvalue weighted by atomic mass is 16.5. The number of phenolic OH excluding ortho intramolecular Hbond substituents is 1. The van der Waals surface area contributed by atoms with Gasteiger partial charge in [0.25, 0.3) is 0 Å². The van der Waals surface area contributed by atoms with Crippen LogP contribution in [0.4, 0.5) is 0 Å². The molecule has 1 aromatic carbocycles. The lowest BCUT2D eigenvalue weighted by molar-refractivity contribution is -0.0432. The molecule has 0 aromatic heterocycles. The molecule has 0 saturated carbocycles. The third-order valence-corrected chi connectivity index (χ3v) is 6.36. The van der Waals surface area contributed by atoms with Gasteiger partial charge in [0.15, 0.2) is 11.5 Å². The van der Waals surface area contributed by atoms with Crippen LogP contribution in [0.15, 0.2) is 36.6 Å². The van der Waals surface area contributed by atoms with Gasteiger partial charge in [-0.2, -0.15) is 0 Å². The van der Waals surface area contributed by atoms with E-state index in [4.69, 9.17) is 4.74 Å². The molecular weight excluding hydrogens is 290 g/mol. The number of rotatable bonds is 1. The lowest BCUT2D eigenvalue weighted by atomic mass is 9.53. The molecule has 4 nitrogen and oxygen atoms in total.